The molecule has 1 saturated heterocycles. The van der Waals surface area contributed by atoms with Crippen molar-refractivity contribution in [3.05, 3.63) is 24.3 Å². The van der Waals surface area contributed by atoms with Gasteiger partial charge in [-0.25, -0.2) is 0 Å². The SMILES string of the molecule is CCCCC[C@H](O)/C=C/[C@H]1OC(O)(C(=O)/C=C/[C@@H](O)CCCC(=O)O)C[C@H]1O. The number of hydrogen-bond acceptors (Lipinski definition) is 7. The fraction of sp³-hybridized carbons (Fsp3) is 0.700. The highest BCUT2D eigenvalue weighted by Crippen LogP contribution is 2.31. The Balaban J connectivity index is 2.53. The number of carboxylic acids is 1. The molecule has 0 aromatic rings. The molecule has 1 aliphatic rings. The van der Waals surface area contributed by atoms with Gasteiger partial charge in [0.1, 0.15) is 6.10 Å². The van der Waals surface area contributed by atoms with Crippen LogP contribution >= 0.6 is 0 Å². The van der Waals surface area contributed by atoms with Crippen molar-refractivity contribution in [2.45, 2.75) is 88.5 Å². The number of rotatable bonds is 13. The lowest BCUT2D eigenvalue weighted by Crippen LogP contribution is -2.37. The van der Waals surface area contributed by atoms with E-state index in [1.54, 1.807) is 0 Å². The summed E-state index contributed by atoms with van der Waals surface area (Å²) in [5, 5.41) is 48.6. The van der Waals surface area contributed by atoms with Crippen molar-refractivity contribution in [1.29, 1.82) is 0 Å². The van der Waals surface area contributed by atoms with E-state index in [2.05, 4.69) is 6.92 Å². The van der Waals surface area contributed by atoms with Gasteiger partial charge in [0.05, 0.1) is 18.3 Å². The minimum absolute atomic E-state index is 0.0869. The average Bonchev–Trinajstić information content (AvgIpc) is 2.92. The lowest BCUT2D eigenvalue weighted by atomic mass is 10.0. The fourth-order valence-electron chi connectivity index (χ4n) is 2.90. The van der Waals surface area contributed by atoms with Crippen LogP contribution in [0.2, 0.25) is 0 Å². The summed E-state index contributed by atoms with van der Waals surface area (Å²) in [5.74, 6) is -3.99. The molecule has 0 radical (unpaired) electrons. The number of ketones is 1. The molecule has 1 rings (SSSR count). The Morgan fingerprint density at radius 3 is 2.43 bits per heavy atom. The molecule has 0 aliphatic carbocycles. The monoisotopic (exact) mass is 400 g/mol. The predicted molar refractivity (Wildman–Crippen MR) is 101 cm³/mol. The van der Waals surface area contributed by atoms with Gasteiger partial charge in [0.25, 0.3) is 0 Å². The minimum Gasteiger partial charge on any atom is -0.481 e. The number of ether oxygens (including phenoxy) is 1. The Morgan fingerprint density at radius 2 is 1.79 bits per heavy atom. The molecule has 0 amide bonds. The highest BCUT2D eigenvalue weighted by molar-refractivity contribution is 5.96. The number of unbranched alkanes of at least 4 members (excludes halogenated alkanes) is 2. The van der Waals surface area contributed by atoms with Crippen LogP contribution in [0.3, 0.4) is 0 Å². The number of hydrogen-bond donors (Lipinski definition) is 5. The van der Waals surface area contributed by atoms with Crippen LogP contribution in [0, 0.1) is 0 Å². The molecule has 160 valence electrons. The topological polar surface area (TPSA) is 145 Å². The number of carbonyl (C=O) groups is 2. The quantitative estimate of drug-likeness (QED) is 0.175. The van der Waals surface area contributed by atoms with Crippen molar-refractivity contribution >= 4 is 11.8 Å². The molecule has 0 saturated carbocycles. The number of aliphatic hydroxyl groups is 4. The van der Waals surface area contributed by atoms with Crippen LogP contribution in [-0.4, -0.2) is 67.5 Å². The van der Waals surface area contributed by atoms with Crippen molar-refractivity contribution in [3.8, 4) is 0 Å². The summed E-state index contributed by atoms with van der Waals surface area (Å²) in [6.07, 6.45) is 4.83. The molecule has 0 bridgehead atoms. The molecule has 8 nitrogen and oxygen atoms in total. The normalized spacial score (nSPS) is 27.5. The predicted octanol–water partition coefficient (Wildman–Crippen LogP) is 1.06. The number of carboxylic acid groups (broad SMARTS) is 1. The van der Waals surface area contributed by atoms with Gasteiger partial charge in [-0.15, -0.1) is 0 Å². The largest absolute Gasteiger partial charge is 0.481 e. The van der Waals surface area contributed by atoms with Crippen molar-refractivity contribution in [3.63, 3.8) is 0 Å². The van der Waals surface area contributed by atoms with Crippen molar-refractivity contribution < 1.29 is 39.9 Å². The zero-order valence-corrected chi connectivity index (χ0v) is 16.2. The smallest absolute Gasteiger partial charge is 0.303 e. The van der Waals surface area contributed by atoms with Gasteiger partial charge in [0, 0.05) is 12.8 Å². The van der Waals surface area contributed by atoms with Crippen molar-refractivity contribution in [1.82, 2.24) is 0 Å². The second-order valence-electron chi connectivity index (χ2n) is 7.16. The summed E-state index contributed by atoms with van der Waals surface area (Å²) in [4.78, 5) is 22.6. The molecule has 0 aromatic heterocycles. The maximum Gasteiger partial charge on any atom is 0.303 e. The molecule has 8 heteroatoms. The third-order valence-corrected chi connectivity index (χ3v) is 4.57. The maximum absolute atomic E-state index is 12.2. The molecule has 28 heavy (non-hydrogen) atoms. The van der Waals surface area contributed by atoms with E-state index in [1.165, 1.54) is 18.2 Å². The standard InChI is InChI=1S/C20H32O8/c1-2-3-4-6-14(21)9-11-17-16(23)13-20(27,28-17)18(24)12-10-15(22)7-5-8-19(25)26/h9-12,14-17,21-23,27H,2-8,13H2,1H3,(H,25,26)/b11-9+,12-10+/t14-,15-,16+,17+,20?/m0/s1. The summed E-state index contributed by atoms with van der Waals surface area (Å²) in [6.45, 7) is 2.06. The molecule has 5 atom stereocenters. The lowest BCUT2D eigenvalue weighted by molar-refractivity contribution is -0.189. The van der Waals surface area contributed by atoms with Crippen LogP contribution in [0.1, 0.15) is 58.3 Å². The minimum atomic E-state index is -2.21. The summed E-state index contributed by atoms with van der Waals surface area (Å²) < 4.78 is 5.29. The molecule has 1 heterocycles. The van der Waals surface area contributed by atoms with Crippen molar-refractivity contribution in [2.24, 2.45) is 0 Å². The van der Waals surface area contributed by atoms with Gasteiger partial charge in [0.15, 0.2) is 0 Å². The molecule has 1 fully saturated rings. The van der Waals surface area contributed by atoms with E-state index < -0.39 is 42.0 Å². The Kier molecular flexibility index (Phi) is 10.6. The van der Waals surface area contributed by atoms with Crippen molar-refractivity contribution in [2.75, 3.05) is 0 Å². The molecule has 5 N–H and O–H groups in total. The van der Waals surface area contributed by atoms with Crippen LogP contribution in [0.25, 0.3) is 0 Å². The zero-order chi connectivity index (χ0) is 21.2. The van der Waals surface area contributed by atoms with Crippen LogP contribution < -0.4 is 0 Å². The lowest BCUT2D eigenvalue weighted by Gasteiger charge is -2.19. The van der Waals surface area contributed by atoms with Crippen LogP contribution in [0.15, 0.2) is 24.3 Å². The Morgan fingerprint density at radius 1 is 1.14 bits per heavy atom. The molecule has 0 spiro atoms. The fourth-order valence-corrected chi connectivity index (χ4v) is 2.90. The Hall–Kier alpha value is -1.58. The van der Waals surface area contributed by atoms with Gasteiger partial charge in [-0.05, 0) is 25.3 Å². The maximum atomic E-state index is 12.2. The van der Waals surface area contributed by atoms with Crippen LogP contribution in [-0.2, 0) is 14.3 Å². The van der Waals surface area contributed by atoms with E-state index in [4.69, 9.17) is 9.84 Å². The third-order valence-electron chi connectivity index (χ3n) is 4.57. The summed E-state index contributed by atoms with van der Waals surface area (Å²) in [5.41, 5.74) is 0. The molecule has 1 unspecified atom stereocenters. The summed E-state index contributed by atoms with van der Waals surface area (Å²) in [6, 6.07) is 0. The first-order valence-corrected chi connectivity index (χ1v) is 9.75. The number of aliphatic hydroxyl groups excluding tert-OH is 3. The zero-order valence-electron chi connectivity index (χ0n) is 16.2. The molecular weight excluding hydrogens is 368 g/mol. The van der Waals surface area contributed by atoms with Crippen LogP contribution in [0.5, 0.6) is 0 Å². The third kappa shape index (κ3) is 8.62. The Labute approximate surface area is 165 Å². The highest BCUT2D eigenvalue weighted by atomic mass is 16.6. The summed E-state index contributed by atoms with van der Waals surface area (Å²) in [7, 11) is 0. The highest BCUT2D eigenvalue weighted by Gasteiger charge is 2.48. The van der Waals surface area contributed by atoms with Crippen LogP contribution in [0.4, 0.5) is 0 Å². The van der Waals surface area contributed by atoms with E-state index in [0.717, 1.165) is 25.3 Å². The van der Waals surface area contributed by atoms with E-state index in [-0.39, 0.29) is 25.7 Å². The average molecular weight is 400 g/mol. The molecular formula is C20H32O8. The Bertz CT molecular complexity index is 558. The van der Waals surface area contributed by atoms with Gasteiger partial charge in [-0.2, -0.15) is 0 Å². The van der Waals surface area contributed by atoms with Gasteiger partial charge in [0.2, 0.25) is 11.6 Å². The molecule has 0 aromatic carbocycles. The van der Waals surface area contributed by atoms with Gasteiger partial charge in [-0.3, -0.25) is 9.59 Å². The van der Waals surface area contributed by atoms with E-state index in [0.29, 0.717) is 6.42 Å². The van der Waals surface area contributed by atoms with Gasteiger partial charge >= 0.3 is 5.97 Å². The second-order valence-corrected chi connectivity index (χ2v) is 7.16. The first-order chi connectivity index (χ1) is 13.2. The number of carbonyl (C=O) groups excluding carboxylic acids is 1. The van der Waals surface area contributed by atoms with E-state index >= 15 is 0 Å². The first kappa shape index (κ1) is 24.5. The number of aliphatic carboxylic acids is 1. The second kappa shape index (κ2) is 12.1. The van der Waals surface area contributed by atoms with E-state index in [1.807, 2.05) is 0 Å². The summed E-state index contributed by atoms with van der Waals surface area (Å²) >= 11 is 0. The van der Waals surface area contributed by atoms with Gasteiger partial charge in [-0.1, -0.05) is 44.4 Å². The van der Waals surface area contributed by atoms with E-state index in [9.17, 15) is 30.0 Å². The molecule has 1 aliphatic heterocycles. The first-order valence-electron chi connectivity index (χ1n) is 9.75. The van der Waals surface area contributed by atoms with Gasteiger partial charge < -0.3 is 30.3 Å².